The van der Waals surface area contributed by atoms with E-state index in [1.807, 2.05) is 11.0 Å². The minimum absolute atomic E-state index is 0.00379. The minimum atomic E-state index is -4.21. The van der Waals surface area contributed by atoms with Crippen molar-refractivity contribution < 1.29 is 13.2 Å². The molecule has 0 aliphatic carbocycles. The molecule has 0 saturated carbocycles. The quantitative estimate of drug-likeness (QED) is 0.826. The Kier molecular flexibility index (Phi) is 3.56. The number of alkyl halides is 3. The molecule has 1 aliphatic heterocycles. The van der Waals surface area contributed by atoms with Gasteiger partial charge in [-0.1, -0.05) is 12.1 Å². The molecular formula is C12H14F3N3. The predicted octanol–water partition coefficient (Wildman–Crippen LogP) is 2.24. The number of hydrogen-bond acceptors (Lipinski definition) is 3. The molecule has 0 atom stereocenters. The number of hydrogen-bond donors (Lipinski definition) is 1. The third-order valence-corrected chi connectivity index (χ3v) is 2.94. The van der Waals surface area contributed by atoms with Gasteiger partial charge in [0.2, 0.25) is 0 Å². The molecule has 0 spiro atoms. The highest BCUT2D eigenvalue weighted by Crippen LogP contribution is 2.31. The van der Waals surface area contributed by atoms with Crippen LogP contribution in [0.25, 0.3) is 0 Å². The van der Waals surface area contributed by atoms with Gasteiger partial charge in [-0.25, -0.2) is 4.98 Å². The van der Waals surface area contributed by atoms with E-state index in [2.05, 4.69) is 4.98 Å². The molecule has 0 saturated heterocycles. The number of halogens is 3. The van der Waals surface area contributed by atoms with E-state index < -0.39 is 11.7 Å². The minimum Gasteiger partial charge on any atom is -0.353 e. The Balaban J connectivity index is 2.07. The van der Waals surface area contributed by atoms with Gasteiger partial charge in [0.1, 0.15) is 5.82 Å². The largest absolute Gasteiger partial charge is 0.412 e. The molecular weight excluding hydrogens is 243 g/mol. The first-order chi connectivity index (χ1) is 8.50. The zero-order valence-electron chi connectivity index (χ0n) is 9.74. The van der Waals surface area contributed by atoms with Gasteiger partial charge >= 0.3 is 6.18 Å². The van der Waals surface area contributed by atoms with Crippen LogP contribution >= 0.6 is 0 Å². The molecule has 2 rings (SSSR count). The summed E-state index contributed by atoms with van der Waals surface area (Å²) in [5.74, 6) is 0.685. The molecule has 3 nitrogen and oxygen atoms in total. The Morgan fingerprint density at radius 1 is 1.33 bits per heavy atom. The standard InChI is InChI=1S/C12H14F3N3/c13-12(14,15)10-3-5-18(6-4-10)11-2-1-9(7-16)8-17-11/h1-3,8H,4-7,16H2. The summed E-state index contributed by atoms with van der Waals surface area (Å²) in [4.78, 5) is 6.01. The Morgan fingerprint density at radius 3 is 2.56 bits per heavy atom. The van der Waals surface area contributed by atoms with Crippen molar-refractivity contribution in [3.8, 4) is 0 Å². The second kappa shape index (κ2) is 4.97. The maximum Gasteiger partial charge on any atom is 0.412 e. The van der Waals surface area contributed by atoms with Crippen LogP contribution < -0.4 is 10.6 Å². The van der Waals surface area contributed by atoms with Gasteiger partial charge in [0.05, 0.1) is 0 Å². The molecule has 6 heteroatoms. The zero-order valence-corrected chi connectivity index (χ0v) is 9.74. The van der Waals surface area contributed by atoms with Crippen molar-refractivity contribution in [3.05, 3.63) is 35.5 Å². The maximum atomic E-state index is 12.5. The molecule has 1 aromatic rings. The molecule has 0 bridgehead atoms. The van der Waals surface area contributed by atoms with Crippen molar-refractivity contribution in [1.29, 1.82) is 0 Å². The second-order valence-corrected chi connectivity index (χ2v) is 4.15. The lowest BCUT2D eigenvalue weighted by atomic mass is 10.1. The molecule has 98 valence electrons. The third-order valence-electron chi connectivity index (χ3n) is 2.94. The van der Waals surface area contributed by atoms with Crippen molar-refractivity contribution in [1.82, 2.24) is 4.98 Å². The summed E-state index contributed by atoms with van der Waals surface area (Å²) in [6.45, 7) is 0.982. The summed E-state index contributed by atoms with van der Waals surface area (Å²) in [6.07, 6.45) is -1.33. The fourth-order valence-corrected chi connectivity index (χ4v) is 1.86. The normalized spacial score (nSPS) is 16.7. The fraction of sp³-hybridized carbons (Fsp3) is 0.417. The number of pyridine rings is 1. The molecule has 0 unspecified atom stereocenters. The van der Waals surface area contributed by atoms with Gasteiger partial charge in [0.15, 0.2) is 0 Å². The summed E-state index contributed by atoms with van der Waals surface area (Å²) in [5.41, 5.74) is 5.91. The van der Waals surface area contributed by atoms with Crippen LogP contribution in [0.15, 0.2) is 30.0 Å². The Hall–Kier alpha value is -1.56. The Labute approximate surface area is 103 Å². The third kappa shape index (κ3) is 2.81. The molecule has 2 heterocycles. The molecule has 0 aromatic carbocycles. The monoisotopic (exact) mass is 257 g/mol. The maximum absolute atomic E-state index is 12.5. The van der Waals surface area contributed by atoms with Gasteiger partial charge in [-0.3, -0.25) is 0 Å². The van der Waals surface area contributed by atoms with Crippen LogP contribution in [0.3, 0.4) is 0 Å². The van der Waals surface area contributed by atoms with E-state index in [9.17, 15) is 13.2 Å². The number of nitrogens with zero attached hydrogens (tertiary/aromatic N) is 2. The highest BCUT2D eigenvalue weighted by molar-refractivity contribution is 5.42. The summed E-state index contributed by atoms with van der Waals surface area (Å²) in [5, 5.41) is 0. The highest BCUT2D eigenvalue weighted by Gasteiger charge is 2.34. The van der Waals surface area contributed by atoms with E-state index in [0.717, 1.165) is 5.56 Å². The lowest BCUT2D eigenvalue weighted by Gasteiger charge is -2.28. The Morgan fingerprint density at radius 2 is 2.11 bits per heavy atom. The van der Waals surface area contributed by atoms with E-state index in [4.69, 9.17) is 5.73 Å². The first-order valence-corrected chi connectivity index (χ1v) is 5.67. The summed E-state index contributed by atoms with van der Waals surface area (Å²) >= 11 is 0. The van der Waals surface area contributed by atoms with Crippen LogP contribution in [0.4, 0.5) is 19.0 Å². The van der Waals surface area contributed by atoms with Gasteiger partial charge in [0.25, 0.3) is 0 Å². The molecule has 1 aliphatic rings. The van der Waals surface area contributed by atoms with Gasteiger partial charge in [0, 0.05) is 31.4 Å². The van der Waals surface area contributed by atoms with Crippen molar-refractivity contribution in [3.63, 3.8) is 0 Å². The van der Waals surface area contributed by atoms with Crippen molar-refractivity contribution in [2.45, 2.75) is 19.1 Å². The number of aromatic nitrogens is 1. The summed E-state index contributed by atoms with van der Waals surface area (Å²) in [6, 6.07) is 3.62. The van der Waals surface area contributed by atoms with Crippen LogP contribution in [0.1, 0.15) is 12.0 Å². The van der Waals surface area contributed by atoms with Gasteiger partial charge in [-0.15, -0.1) is 0 Å². The number of nitrogens with two attached hydrogens (primary N) is 1. The lowest BCUT2D eigenvalue weighted by Crippen LogP contribution is -2.32. The molecule has 0 radical (unpaired) electrons. The topological polar surface area (TPSA) is 42.1 Å². The van der Waals surface area contributed by atoms with Crippen LogP contribution in [-0.4, -0.2) is 24.2 Å². The van der Waals surface area contributed by atoms with Gasteiger partial charge in [-0.2, -0.15) is 13.2 Å². The average molecular weight is 257 g/mol. The van der Waals surface area contributed by atoms with Crippen LogP contribution in [0, 0.1) is 0 Å². The van der Waals surface area contributed by atoms with Crippen LogP contribution in [-0.2, 0) is 6.54 Å². The van der Waals surface area contributed by atoms with E-state index in [1.54, 1.807) is 12.3 Å². The van der Waals surface area contributed by atoms with Crippen molar-refractivity contribution in [2.75, 3.05) is 18.0 Å². The lowest BCUT2D eigenvalue weighted by molar-refractivity contribution is -0.0944. The van der Waals surface area contributed by atoms with Crippen molar-refractivity contribution in [2.24, 2.45) is 5.73 Å². The number of anilines is 1. The second-order valence-electron chi connectivity index (χ2n) is 4.15. The first kappa shape index (κ1) is 12.9. The van der Waals surface area contributed by atoms with E-state index in [-0.39, 0.29) is 13.0 Å². The molecule has 0 fully saturated rings. The molecule has 0 amide bonds. The Bertz CT molecular complexity index is 437. The summed E-state index contributed by atoms with van der Waals surface area (Å²) < 4.78 is 37.4. The van der Waals surface area contributed by atoms with E-state index in [1.165, 1.54) is 6.08 Å². The number of rotatable bonds is 2. The highest BCUT2D eigenvalue weighted by atomic mass is 19.4. The van der Waals surface area contributed by atoms with Gasteiger partial charge < -0.3 is 10.6 Å². The predicted molar refractivity (Wildman–Crippen MR) is 63.1 cm³/mol. The van der Waals surface area contributed by atoms with E-state index in [0.29, 0.717) is 18.9 Å². The molecule has 1 aromatic heterocycles. The van der Waals surface area contributed by atoms with Crippen LogP contribution in [0.2, 0.25) is 0 Å². The fourth-order valence-electron chi connectivity index (χ4n) is 1.86. The zero-order chi connectivity index (χ0) is 13.2. The molecule has 2 N–H and O–H groups in total. The smallest absolute Gasteiger partial charge is 0.353 e. The first-order valence-electron chi connectivity index (χ1n) is 5.67. The summed E-state index contributed by atoms with van der Waals surface area (Å²) in [7, 11) is 0. The van der Waals surface area contributed by atoms with Crippen molar-refractivity contribution >= 4 is 5.82 Å². The average Bonchev–Trinajstić information content (AvgIpc) is 2.38. The van der Waals surface area contributed by atoms with E-state index >= 15 is 0 Å². The molecule has 18 heavy (non-hydrogen) atoms. The SMILES string of the molecule is NCc1ccc(N2CC=C(C(F)(F)F)CC2)nc1. The van der Waals surface area contributed by atoms with Gasteiger partial charge in [-0.05, 0) is 18.1 Å². The van der Waals surface area contributed by atoms with Crippen LogP contribution in [0.5, 0.6) is 0 Å².